The first-order valence-electron chi connectivity index (χ1n) is 7.85. The Kier molecular flexibility index (Phi) is 5.21. The average Bonchev–Trinajstić information content (AvgIpc) is 2.41. The van der Waals surface area contributed by atoms with Gasteiger partial charge in [0.2, 0.25) is 0 Å². The minimum Gasteiger partial charge on any atom is -0.462 e. The Hall–Kier alpha value is -1.58. The van der Waals surface area contributed by atoms with E-state index in [0.29, 0.717) is 29.1 Å². The quantitative estimate of drug-likeness (QED) is 0.865. The van der Waals surface area contributed by atoms with E-state index in [-0.39, 0.29) is 18.5 Å². The molecule has 0 aliphatic heterocycles. The zero-order chi connectivity index (χ0) is 15.4. The third-order valence-corrected chi connectivity index (χ3v) is 4.42. The zero-order valence-corrected chi connectivity index (χ0v) is 13.2. The van der Waals surface area contributed by atoms with Gasteiger partial charge in [-0.15, -0.1) is 0 Å². The predicted octanol–water partition coefficient (Wildman–Crippen LogP) is 3.21. The van der Waals surface area contributed by atoms with Crippen LogP contribution in [0.1, 0.15) is 45.7 Å². The SMILES string of the molecule is CC1CCC(C(C)C)C(OC(=O)Cc2ccc(N)cn2)C1. The molecule has 21 heavy (non-hydrogen) atoms. The van der Waals surface area contributed by atoms with Crippen molar-refractivity contribution in [2.75, 3.05) is 5.73 Å². The van der Waals surface area contributed by atoms with Gasteiger partial charge in [0.25, 0.3) is 0 Å². The molecule has 0 saturated heterocycles. The van der Waals surface area contributed by atoms with Gasteiger partial charge >= 0.3 is 5.97 Å². The number of ether oxygens (including phenoxy) is 1. The Morgan fingerprint density at radius 2 is 2.19 bits per heavy atom. The van der Waals surface area contributed by atoms with E-state index < -0.39 is 0 Å². The van der Waals surface area contributed by atoms with Gasteiger partial charge in [-0.25, -0.2) is 0 Å². The first kappa shape index (κ1) is 15.8. The highest BCUT2D eigenvalue weighted by atomic mass is 16.5. The summed E-state index contributed by atoms with van der Waals surface area (Å²) < 4.78 is 5.76. The largest absolute Gasteiger partial charge is 0.462 e. The van der Waals surface area contributed by atoms with Gasteiger partial charge in [-0.2, -0.15) is 0 Å². The van der Waals surface area contributed by atoms with Gasteiger partial charge in [-0.1, -0.05) is 27.2 Å². The molecule has 3 unspecified atom stereocenters. The Labute approximate surface area is 127 Å². The minimum absolute atomic E-state index is 0.0510. The molecule has 2 rings (SSSR count). The molecular formula is C17H26N2O2. The summed E-state index contributed by atoms with van der Waals surface area (Å²) in [6.45, 7) is 6.66. The molecule has 1 aromatic heterocycles. The molecular weight excluding hydrogens is 264 g/mol. The van der Waals surface area contributed by atoms with Crippen molar-refractivity contribution in [3.63, 3.8) is 0 Å². The van der Waals surface area contributed by atoms with Crippen molar-refractivity contribution in [2.24, 2.45) is 17.8 Å². The molecule has 1 saturated carbocycles. The Morgan fingerprint density at radius 1 is 1.43 bits per heavy atom. The molecule has 1 aliphatic carbocycles. The molecule has 1 aromatic rings. The molecule has 0 aromatic carbocycles. The van der Waals surface area contributed by atoms with Gasteiger partial charge in [0.15, 0.2) is 0 Å². The van der Waals surface area contributed by atoms with Crippen LogP contribution < -0.4 is 5.73 Å². The van der Waals surface area contributed by atoms with Crippen molar-refractivity contribution in [1.82, 2.24) is 4.98 Å². The van der Waals surface area contributed by atoms with Crippen molar-refractivity contribution in [1.29, 1.82) is 0 Å². The first-order valence-corrected chi connectivity index (χ1v) is 7.85. The summed E-state index contributed by atoms with van der Waals surface area (Å²) in [4.78, 5) is 16.3. The number of pyridine rings is 1. The number of hydrogen-bond donors (Lipinski definition) is 1. The Morgan fingerprint density at radius 3 is 2.81 bits per heavy atom. The van der Waals surface area contributed by atoms with Gasteiger partial charge in [-0.05, 0) is 42.7 Å². The van der Waals surface area contributed by atoms with Gasteiger partial charge in [-0.3, -0.25) is 9.78 Å². The van der Waals surface area contributed by atoms with E-state index in [9.17, 15) is 4.79 Å². The lowest BCUT2D eigenvalue weighted by Gasteiger charge is -2.36. The maximum absolute atomic E-state index is 12.1. The summed E-state index contributed by atoms with van der Waals surface area (Å²) in [5, 5.41) is 0. The standard InChI is InChI=1S/C17H26N2O2/c1-11(2)15-7-4-12(3)8-16(15)21-17(20)9-14-6-5-13(18)10-19-14/h5-6,10-12,15-16H,4,7-9,18H2,1-3H3. The van der Waals surface area contributed by atoms with E-state index in [1.165, 1.54) is 6.42 Å². The third kappa shape index (κ3) is 4.45. The van der Waals surface area contributed by atoms with Gasteiger partial charge < -0.3 is 10.5 Å². The summed E-state index contributed by atoms with van der Waals surface area (Å²) >= 11 is 0. The number of aromatic nitrogens is 1. The lowest BCUT2D eigenvalue weighted by molar-refractivity contribution is -0.155. The summed E-state index contributed by atoms with van der Waals surface area (Å²) in [7, 11) is 0. The van der Waals surface area contributed by atoms with Gasteiger partial charge in [0.1, 0.15) is 6.10 Å². The van der Waals surface area contributed by atoms with Crippen LogP contribution in [-0.2, 0) is 16.0 Å². The number of carbonyl (C=O) groups excluding carboxylic acids is 1. The third-order valence-electron chi connectivity index (χ3n) is 4.42. The number of esters is 1. The van der Waals surface area contributed by atoms with E-state index in [2.05, 4.69) is 25.8 Å². The average molecular weight is 290 g/mol. The predicted molar refractivity (Wildman–Crippen MR) is 83.6 cm³/mol. The Balaban J connectivity index is 1.94. The molecule has 1 fully saturated rings. The number of nitrogen functional groups attached to an aromatic ring is 1. The molecule has 4 heteroatoms. The summed E-state index contributed by atoms with van der Waals surface area (Å²) in [6.07, 6.45) is 5.20. The Bertz CT molecular complexity index is 470. The minimum atomic E-state index is -0.183. The molecule has 1 heterocycles. The number of anilines is 1. The highest BCUT2D eigenvalue weighted by molar-refractivity contribution is 5.72. The van der Waals surface area contributed by atoms with Gasteiger partial charge in [0, 0.05) is 0 Å². The van der Waals surface area contributed by atoms with Crippen LogP contribution in [0.2, 0.25) is 0 Å². The van der Waals surface area contributed by atoms with Crippen LogP contribution >= 0.6 is 0 Å². The van der Waals surface area contributed by atoms with Gasteiger partial charge in [0.05, 0.1) is 24.0 Å². The van der Waals surface area contributed by atoms with E-state index in [4.69, 9.17) is 10.5 Å². The zero-order valence-electron chi connectivity index (χ0n) is 13.2. The fraction of sp³-hybridized carbons (Fsp3) is 0.647. The van der Waals surface area contributed by atoms with E-state index >= 15 is 0 Å². The van der Waals surface area contributed by atoms with Crippen LogP contribution in [-0.4, -0.2) is 17.1 Å². The molecule has 4 nitrogen and oxygen atoms in total. The van der Waals surface area contributed by atoms with Crippen LogP contribution in [0, 0.1) is 17.8 Å². The second-order valence-electron chi connectivity index (χ2n) is 6.61. The molecule has 0 radical (unpaired) electrons. The fourth-order valence-electron chi connectivity index (χ4n) is 3.15. The monoisotopic (exact) mass is 290 g/mol. The van der Waals surface area contributed by atoms with Crippen molar-refractivity contribution in [2.45, 2.75) is 52.6 Å². The molecule has 116 valence electrons. The number of nitrogens with two attached hydrogens (primary N) is 1. The molecule has 1 aliphatic rings. The topological polar surface area (TPSA) is 65.2 Å². The molecule has 0 spiro atoms. The smallest absolute Gasteiger partial charge is 0.312 e. The maximum Gasteiger partial charge on any atom is 0.312 e. The maximum atomic E-state index is 12.1. The first-order chi connectivity index (χ1) is 9.95. The highest BCUT2D eigenvalue weighted by Crippen LogP contribution is 2.35. The van der Waals surface area contributed by atoms with Crippen molar-refractivity contribution in [3.05, 3.63) is 24.0 Å². The number of nitrogens with zero attached hydrogens (tertiary/aromatic N) is 1. The van der Waals surface area contributed by atoms with Crippen LogP contribution in [0.25, 0.3) is 0 Å². The number of carbonyl (C=O) groups is 1. The van der Waals surface area contributed by atoms with Crippen molar-refractivity contribution in [3.8, 4) is 0 Å². The molecule has 0 amide bonds. The highest BCUT2D eigenvalue weighted by Gasteiger charge is 2.33. The van der Waals surface area contributed by atoms with Crippen molar-refractivity contribution >= 4 is 11.7 Å². The van der Waals surface area contributed by atoms with Crippen LogP contribution in [0.4, 0.5) is 5.69 Å². The fourth-order valence-corrected chi connectivity index (χ4v) is 3.15. The second-order valence-corrected chi connectivity index (χ2v) is 6.61. The molecule has 0 bridgehead atoms. The van der Waals surface area contributed by atoms with E-state index in [1.807, 2.05) is 0 Å². The van der Waals surface area contributed by atoms with E-state index in [1.54, 1.807) is 18.3 Å². The normalized spacial score (nSPS) is 25.8. The van der Waals surface area contributed by atoms with Crippen molar-refractivity contribution < 1.29 is 9.53 Å². The number of hydrogen-bond acceptors (Lipinski definition) is 4. The van der Waals surface area contributed by atoms with Crippen LogP contribution in [0.5, 0.6) is 0 Å². The summed E-state index contributed by atoms with van der Waals surface area (Å²) in [5.74, 6) is 1.47. The van der Waals surface area contributed by atoms with Crippen LogP contribution in [0.3, 0.4) is 0 Å². The van der Waals surface area contributed by atoms with E-state index in [0.717, 1.165) is 12.8 Å². The lowest BCUT2D eigenvalue weighted by Crippen LogP contribution is -2.36. The second kappa shape index (κ2) is 6.92. The summed E-state index contributed by atoms with van der Waals surface area (Å²) in [6, 6.07) is 3.54. The lowest BCUT2D eigenvalue weighted by atomic mass is 9.75. The number of rotatable bonds is 4. The summed E-state index contributed by atoms with van der Waals surface area (Å²) in [5.41, 5.74) is 6.91. The van der Waals surface area contributed by atoms with Crippen LogP contribution in [0.15, 0.2) is 18.3 Å². The molecule has 3 atom stereocenters. The molecule has 2 N–H and O–H groups in total.